The van der Waals surface area contributed by atoms with Crippen molar-refractivity contribution in [1.82, 2.24) is 19.7 Å². The average Bonchev–Trinajstić information content (AvgIpc) is 3.30. The number of likely N-dealkylation sites (tertiary alicyclic amines) is 1. The number of nitrogens with zero attached hydrogens (tertiary/aromatic N) is 4. The van der Waals surface area contributed by atoms with Crippen LogP contribution in [0.15, 0.2) is 22.8 Å². The summed E-state index contributed by atoms with van der Waals surface area (Å²) in [5.41, 5.74) is 0. The van der Waals surface area contributed by atoms with E-state index in [9.17, 15) is 4.79 Å². The number of aryl methyl sites for hydroxylation is 2. The lowest BCUT2D eigenvalue weighted by Gasteiger charge is -2.32. The van der Waals surface area contributed by atoms with Gasteiger partial charge >= 0.3 is 0 Å². The van der Waals surface area contributed by atoms with Crippen molar-refractivity contribution in [3.05, 3.63) is 35.8 Å². The van der Waals surface area contributed by atoms with Crippen molar-refractivity contribution in [3.63, 3.8) is 0 Å². The van der Waals surface area contributed by atoms with Crippen LogP contribution in [0.2, 0.25) is 0 Å². The van der Waals surface area contributed by atoms with Gasteiger partial charge < -0.3 is 13.9 Å². The van der Waals surface area contributed by atoms with Crippen LogP contribution in [-0.4, -0.2) is 38.7 Å². The molecule has 0 bridgehead atoms. The summed E-state index contributed by atoms with van der Waals surface area (Å²) in [6.07, 6.45) is 7.18. The SMILES string of the molecule is O=C(CCc1ccco1)N1CCCC(c2nnc3n2CCC3)C1. The Bertz CT molecular complexity index is 677. The summed E-state index contributed by atoms with van der Waals surface area (Å²) >= 11 is 0. The Hall–Kier alpha value is -2.11. The van der Waals surface area contributed by atoms with E-state index >= 15 is 0 Å². The second-order valence-corrected chi connectivity index (χ2v) is 6.49. The lowest BCUT2D eigenvalue weighted by molar-refractivity contribution is -0.132. The van der Waals surface area contributed by atoms with Crippen LogP contribution in [0.4, 0.5) is 0 Å². The molecule has 4 rings (SSSR count). The minimum Gasteiger partial charge on any atom is -0.469 e. The third kappa shape index (κ3) is 2.90. The van der Waals surface area contributed by atoms with Gasteiger partial charge in [-0.2, -0.15) is 0 Å². The molecule has 1 saturated heterocycles. The molecule has 2 aromatic heterocycles. The molecule has 0 saturated carbocycles. The van der Waals surface area contributed by atoms with E-state index in [1.54, 1.807) is 6.26 Å². The Morgan fingerprint density at radius 3 is 3.13 bits per heavy atom. The fraction of sp³-hybridized carbons (Fsp3) is 0.588. The topological polar surface area (TPSA) is 64.2 Å². The predicted octanol–water partition coefficient (Wildman–Crippen LogP) is 2.16. The Morgan fingerprint density at radius 1 is 1.30 bits per heavy atom. The zero-order chi connectivity index (χ0) is 15.6. The summed E-state index contributed by atoms with van der Waals surface area (Å²) in [7, 11) is 0. The summed E-state index contributed by atoms with van der Waals surface area (Å²) in [5.74, 6) is 3.62. The van der Waals surface area contributed by atoms with E-state index in [4.69, 9.17) is 4.42 Å². The van der Waals surface area contributed by atoms with Gasteiger partial charge in [-0.15, -0.1) is 10.2 Å². The molecule has 1 amide bonds. The maximum absolute atomic E-state index is 12.5. The van der Waals surface area contributed by atoms with Gasteiger partial charge in [0.25, 0.3) is 0 Å². The molecule has 1 atom stereocenters. The lowest BCUT2D eigenvalue weighted by Crippen LogP contribution is -2.39. The zero-order valence-corrected chi connectivity index (χ0v) is 13.3. The van der Waals surface area contributed by atoms with Crippen LogP contribution >= 0.6 is 0 Å². The predicted molar refractivity (Wildman–Crippen MR) is 83.9 cm³/mol. The molecular formula is C17H22N4O2. The molecule has 122 valence electrons. The highest BCUT2D eigenvalue weighted by Gasteiger charge is 2.30. The van der Waals surface area contributed by atoms with Crippen molar-refractivity contribution in [2.45, 2.75) is 51.0 Å². The number of carbonyl (C=O) groups excluding carboxylic acids is 1. The van der Waals surface area contributed by atoms with Crippen molar-refractivity contribution in [3.8, 4) is 0 Å². The van der Waals surface area contributed by atoms with Gasteiger partial charge in [0.1, 0.15) is 17.4 Å². The molecule has 0 N–H and O–H groups in total. The second kappa shape index (κ2) is 6.18. The quantitative estimate of drug-likeness (QED) is 0.867. The number of amides is 1. The average molecular weight is 314 g/mol. The molecule has 6 heteroatoms. The van der Waals surface area contributed by atoms with Gasteiger partial charge in [-0.25, -0.2) is 0 Å². The number of aromatic nitrogens is 3. The fourth-order valence-electron chi connectivity index (χ4n) is 3.73. The first kappa shape index (κ1) is 14.5. The summed E-state index contributed by atoms with van der Waals surface area (Å²) in [5, 5.41) is 8.71. The van der Waals surface area contributed by atoms with E-state index in [0.717, 1.165) is 62.7 Å². The Morgan fingerprint density at radius 2 is 2.26 bits per heavy atom. The van der Waals surface area contributed by atoms with Gasteiger partial charge in [0.15, 0.2) is 0 Å². The highest BCUT2D eigenvalue weighted by Crippen LogP contribution is 2.28. The molecule has 0 aliphatic carbocycles. The van der Waals surface area contributed by atoms with E-state index in [2.05, 4.69) is 14.8 Å². The number of carbonyl (C=O) groups is 1. The van der Waals surface area contributed by atoms with E-state index < -0.39 is 0 Å². The fourth-order valence-corrected chi connectivity index (χ4v) is 3.73. The maximum Gasteiger partial charge on any atom is 0.223 e. The highest BCUT2D eigenvalue weighted by atomic mass is 16.3. The van der Waals surface area contributed by atoms with Crippen LogP contribution in [0.25, 0.3) is 0 Å². The molecule has 4 heterocycles. The number of fused-ring (bicyclic) bond motifs is 1. The molecule has 2 aliphatic heterocycles. The summed E-state index contributed by atoms with van der Waals surface area (Å²) in [6, 6.07) is 3.79. The zero-order valence-electron chi connectivity index (χ0n) is 13.3. The third-order valence-corrected chi connectivity index (χ3v) is 4.94. The number of hydrogen-bond donors (Lipinski definition) is 0. The minimum absolute atomic E-state index is 0.215. The normalized spacial score (nSPS) is 20.7. The monoisotopic (exact) mass is 314 g/mol. The summed E-state index contributed by atoms with van der Waals surface area (Å²) < 4.78 is 7.57. The largest absolute Gasteiger partial charge is 0.469 e. The maximum atomic E-state index is 12.5. The molecule has 0 spiro atoms. The van der Waals surface area contributed by atoms with Crippen LogP contribution in [-0.2, 0) is 24.2 Å². The van der Waals surface area contributed by atoms with Crippen LogP contribution in [0.5, 0.6) is 0 Å². The first-order chi connectivity index (χ1) is 11.3. The minimum atomic E-state index is 0.215. The van der Waals surface area contributed by atoms with E-state index in [1.165, 1.54) is 0 Å². The number of piperidine rings is 1. The smallest absolute Gasteiger partial charge is 0.223 e. The van der Waals surface area contributed by atoms with Crippen molar-refractivity contribution in [2.24, 2.45) is 0 Å². The van der Waals surface area contributed by atoms with Crippen molar-refractivity contribution in [1.29, 1.82) is 0 Å². The number of rotatable bonds is 4. The molecule has 0 aromatic carbocycles. The molecule has 1 unspecified atom stereocenters. The summed E-state index contributed by atoms with van der Waals surface area (Å²) in [4.78, 5) is 14.5. The molecule has 2 aromatic rings. The Kier molecular flexibility index (Phi) is 3.89. The van der Waals surface area contributed by atoms with Crippen molar-refractivity contribution < 1.29 is 9.21 Å². The van der Waals surface area contributed by atoms with Gasteiger partial charge in [0, 0.05) is 44.8 Å². The van der Waals surface area contributed by atoms with Crippen LogP contribution < -0.4 is 0 Å². The Balaban J connectivity index is 1.39. The number of hydrogen-bond acceptors (Lipinski definition) is 4. The van der Waals surface area contributed by atoms with Crippen molar-refractivity contribution >= 4 is 5.91 Å². The highest BCUT2D eigenvalue weighted by molar-refractivity contribution is 5.76. The van der Waals surface area contributed by atoms with Gasteiger partial charge in [-0.1, -0.05) is 0 Å². The van der Waals surface area contributed by atoms with E-state index in [1.807, 2.05) is 17.0 Å². The van der Waals surface area contributed by atoms with Crippen LogP contribution in [0.3, 0.4) is 0 Å². The van der Waals surface area contributed by atoms with Gasteiger partial charge in [0.05, 0.1) is 6.26 Å². The third-order valence-electron chi connectivity index (χ3n) is 4.94. The Labute approximate surface area is 135 Å². The van der Waals surface area contributed by atoms with Crippen LogP contribution in [0.1, 0.15) is 49.0 Å². The van der Waals surface area contributed by atoms with E-state index in [0.29, 0.717) is 18.8 Å². The first-order valence-corrected chi connectivity index (χ1v) is 8.53. The van der Waals surface area contributed by atoms with E-state index in [-0.39, 0.29) is 5.91 Å². The van der Waals surface area contributed by atoms with Gasteiger partial charge in [-0.05, 0) is 31.4 Å². The molecule has 0 radical (unpaired) electrons. The molecule has 6 nitrogen and oxygen atoms in total. The molecule has 2 aliphatic rings. The second-order valence-electron chi connectivity index (χ2n) is 6.49. The molecule has 1 fully saturated rings. The summed E-state index contributed by atoms with van der Waals surface area (Å²) in [6.45, 7) is 2.66. The lowest BCUT2D eigenvalue weighted by atomic mass is 9.96. The van der Waals surface area contributed by atoms with Crippen molar-refractivity contribution in [2.75, 3.05) is 13.1 Å². The number of furan rings is 1. The first-order valence-electron chi connectivity index (χ1n) is 8.53. The molecule has 23 heavy (non-hydrogen) atoms. The van der Waals surface area contributed by atoms with Gasteiger partial charge in [0.2, 0.25) is 5.91 Å². The molecular weight excluding hydrogens is 292 g/mol. The van der Waals surface area contributed by atoms with Gasteiger partial charge in [-0.3, -0.25) is 4.79 Å². The standard InChI is InChI=1S/C17H22N4O2/c22-16(8-7-14-5-3-11-23-14)20-9-1-4-13(12-20)17-19-18-15-6-2-10-21(15)17/h3,5,11,13H,1-2,4,6-10,12H2. The van der Waals surface area contributed by atoms with Crippen LogP contribution in [0, 0.1) is 0 Å².